The summed E-state index contributed by atoms with van der Waals surface area (Å²) < 4.78 is 34.7. The van der Waals surface area contributed by atoms with Crippen molar-refractivity contribution in [3.63, 3.8) is 0 Å². The van der Waals surface area contributed by atoms with Gasteiger partial charge < -0.3 is 20.3 Å². The molecule has 0 atom stereocenters. The van der Waals surface area contributed by atoms with Gasteiger partial charge in [0.15, 0.2) is 0 Å². The van der Waals surface area contributed by atoms with Gasteiger partial charge in [0, 0.05) is 21.2 Å². The third kappa shape index (κ3) is 4.77. The number of hydrogen-bond donors (Lipinski definition) is 4. The molecule has 6 nitrogen and oxygen atoms in total. The smallest absolute Gasteiger partial charge is 0.349 e. The van der Waals surface area contributed by atoms with Crippen LogP contribution >= 0.6 is 47.6 Å². The van der Waals surface area contributed by atoms with Gasteiger partial charge in [0.2, 0.25) is 14.3 Å². The van der Waals surface area contributed by atoms with Gasteiger partial charge in [0.05, 0.1) is 9.58 Å². The van der Waals surface area contributed by atoms with Gasteiger partial charge in [-0.1, -0.05) is 36.2 Å². The number of alkyl halides is 2. The molecule has 3 aromatic rings. The number of ether oxygens (including phenoxy) is 1. The van der Waals surface area contributed by atoms with Crippen LogP contribution in [0.5, 0.6) is 5.75 Å². The molecule has 1 heterocycles. The van der Waals surface area contributed by atoms with Crippen molar-refractivity contribution in [3.8, 4) is 5.75 Å². The topological polar surface area (TPSA) is 119 Å². The molecule has 0 bridgehead atoms. The highest BCUT2D eigenvalue weighted by Gasteiger charge is 2.45. The van der Waals surface area contributed by atoms with E-state index in [9.17, 15) is 13.6 Å². The first-order chi connectivity index (χ1) is 14.1. The fraction of sp³-hybridized carbons (Fsp3) is 0.167. The highest BCUT2D eigenvalue weighted by Crippen LogP contribution is 2.58. The molecule has 1 amide bonds. The molecule has 3 rings (SSSR count). The third-order valence-electron chi connectivity index (χ3n) is 4.17. The lowest BCUT2D eigenvalue weighted by molar-refractivity contribution is 0.0766. The van der Waals surface area contributed by atoms with E-state index in [4.69, 9.17) is 25.4 Å². The Hall–Kier alpha value is -1.33. The molecule has 30 heavy (non-hydrogen) atoms. The molecular weight excluding hydrogens is 521 g/mol. The van der Waals surface area contributed by atoms with Gasteiger partial charge >= 0.3 is 5.66 Å². The Morgan fingerprint density at radius 3 is 2.43 bits per heavy atom. The van der Waals surface area contributed by atoms with E-state index in [1.807, 2.05) is 24.3 Å². The summed E-state index contributed by atoms with van der Waals surface area (Å²) in [4.78, 5) is 29.4. The Kier molecular flexibility index (Phi) is 7.34. The number of halogens is 3. The number of rotatable bonds is 8. The number of primary amides is 1. The largest absolute Gasteiger partial charge is 0.487 e. The molecule has 0 spiro atoms. The molecule has 12 heteroatoms. The Morgan fingerprint density at radius 1 is 1.23 bits per heavy atom. The lowest BCUT2D eigenvalue weighted by Gasteiger charge is -2.15. The number of hydrogen-bond acceptors (Lipinski definition) is 7. The Morgan fingerprint density at radius 2 is 1.87 bits per heavy atom. The van der Waals surface area contributed by atoms with Crippen LogP contribution in [-0.2, 0) is 18.0 Å². The molecule has 6 N–H and O–H groups in total. The first-order valence-electron chi connectivity index (χ1n) is 8.29. The summed E-state index contributed by atoms with van der Waals surface area (Å²) >= 11 is 4.96. The molecule has 2 aromatic carbocycles. The quantitative estimate of drug-likeness (QED) is 0.242. The van der Waals surface area contributed by atoms with E-state index in [0.29, 0.717) is 21.8 Å². The van der Waals surface area contributed by atoms with Crippen molar-refractivity contribution >= 4 is 63.6 Å². The SMILES string of the molecule is NSCc1ccc(COc2cc(C(N)=O)cc3c(Br)c(C(F)(F)P(O)O)sc23)cc1. The van der Waals surface area contributed by atoms with Crippen LogP contribution < -0.4 is 15.6 Å². The molecule has 0 saturated carbocycles. The zero-order chi connectivity index (χ0) is 22.1. The van der Waals surface area contributed by atoms with Crippen LogP contribution in [0.15, 0.2) is 40.9 Å². The van der Waals surface area contributed by atoms with Gasteiger partial charge in [-0.15, -0.1) is 11.3 Å². The Labute approximate surface area is 188 Å². The zero-order valence-electron chi connectivity index (χ0n) is 15.1. The fourth-order valence-electron chi connectivity index (χ4n) is 2.66. The highest BCUT2D eigenvalue weighted by molar-refractivity contribution is 9.10. The summed E-state index contributed by atoms with van der Waals surface area (Å²) in [5.74, 6) is 0.111. The predicted molar refractivity (Wildman–Crippen MR) is 120 cm³/mol. The number of benzene rings is 2. The molecule has 0 fully saturated rings. The third-order valence-corrected chi connectivity index (χ3v) is 7.92. The molecule has 0 aliphatic rings. The van der Waals surface area contributed by atoms with Crippen molar-refractivity contribution in [1.29, 1.82) is 0 Å². The van der Waals surface area contributed by atoms with Crippen LogP contribution in [0.3, 0.4) is 0 Å². The van der Waals surface area contributed by atoms with Crippen molar-refractivity contribution in [2.45, 2.75) is 18.0 Å². The van der Waals surface area contributed by atoms with Crippen LogP contribution in [0.1, 0.15) is 26.4 Å². The van der Waals surface area contributed by atoms with Crippen LogP contribution in [0.2, 0.25) is 0 Å². The summed E-state index contributed by atoms with van der Waals surface area (Å²) in [5.41, 5.74) is 3.48. The van der Waals surface area contributed by atoms with Crippen molar-refractivity contribution in [2.24, 2.45) is 10.9 Å². The summed E-state index contributed by atoms with van der Waals surface area (Å²) in [6.45, 7) is 0.126. The summed E-state index contributed by atoms with van der Waals surface area (Å²) in [5, 5.41) is 5.73. The molecule has 0 aliphatic heterocycles. The van der Waals surface area contributed by atoms with Crippen molar-refractivity contribution < 1.29 is 28.1 Å². The minimum Gasteiger partial charge on any atom is -0.487 e. The van der Waals surface area contributed by atoms with Gasteiger partial charge in [0.25, 0.3) is 0 Å². The van der Waals surface area contributed by atoms with E-state index in [1.54, 1.807) is 0 Å². The number of carbonyl (C=O) groups is 1. The first kappa shape index (κ1) is 23.3. The van der Waals surface area contributed by atoms with Crippen molar-refractivity contribution in [2.75, 3.05) is 0 Å². The van der Waals surface area contributed by atoms with Gasteiger partial charge in [0.1, 0.15) is 12.4 Å². The Bertz CT molecular complexity index is 1080. The number of carbonyl (C=O) groups excluding carboxylic acids is 1. The van der Waals surface area contributed by atoms with E-state index in [1.165, 1.54) is 24.1 Å². The lowest BCUT2D eigenvalue weighted by Crippen LogP contribution is -2.11. The fourth-order valence-corrected chi connectivity index (χ4v) is 5.83. The minimum absolute atomic E-state index is 0.0420. The normalized spacial score (nSPS) is 12.0. The minimum atomic E-state index is -3.85. The van der Waals surface area contributed by atoms with Crippen LogP contribution in [-0.4, -0.2) is 15.7 Å². The maximum absolute atomic E-state index is 14.3. The van der Waals surface area contributed by atoms with Gasteiger partial charge in [-0.25, -0.2) is 0 Å². The molecule has 1 aromatic heterocycles. The Balaban J connectivity index is 2.01. The van der Waals surface area contributed by atoms with Crippen LogP contribution in [0.25, 0.3) is 10.1 Å². The number of amides is 1. The molecular formula is C18H16BrF2N2O4PS2. The number of nitrogens with two attached hydrogens (primary N) is 2. The number of thiophene rings is 1. The summed E-state index contributed by atoms with van der Waals surface area (Å²) in [6, 6.07) is 10.3. The molecule has 0 radical (unpaired) electrons. The summed E-state index contributed by atoms with van der Waals surface area (Å²) in [7, 11) is -3.55. The average Bonchev–Trinajstić information content (AvgIpc) is 3.05. The standard InChI is InChI=1S/C18H16BrF2N2O4PS2/c19-14-12-5-11(17(22)24)6-13(15(12)30-16(14)18(20,21)28(25)26)27-7-9-1-3-10(4-2-9)8-29-23/h1-6,25-26H,7-8,23H2,(H2,22,24). The van der Waals surface area contributed by atoms with Gasteiger partial charge in [-0.3, -0.25) is 9.93 Å². The molecule has 0 unspecified atom stereocenters. The molecule has 0 saturated heterocycles. The van der Waals surface area contributed by atoms with E-state index < -0.39 is 24.8 Å². The maximum atomic E-state index is 14.3. The zero-order valence-corrected chi connectivity index (χ0v) is 19.3. The van der Waals surface area contributed by atoms with Crippen molar-refractivity contribution in [1.82, 2.24) is 0 Å². The predicted octanol–water partition coefficient (Wildman–Crippen LogP) is 4.79. The van der Waals surface area contributed by atoms with E-state index >= 15 is 0 Å². The number of fused-ring (bicyclic) bond motifs is 1. The molecule has 0 aliphatic carbocycles. The molecule has 160 valence electrons. The van der Waals surface area contributed by atoms with Crippen molar-refractivity contribution in [3.05, 3.63) is 62.4 Å². The lowest BCUT2D eigenvalue weighted by atomic mass is 10.1. The van der Waals surface area contributed by atoms with Crippen LogP contribution in [0, 0.1) is 0 Å². The second-order valence-electron chi connectivity index (χ2n) is 6.21. The second-order valence-corrected chi connectivity index (χ2v) is 9.78. The first-order valence-corrected chi connectivity index (χ1v) is 12.2. The maximum Gasteiger partial charge on any atom is 0.349 e. The average molecular weight is 537 g/mol. The monoisotopic (exact) mass is 536 g/mol. The van der Waals surface area contributed by atoms with Crippen LogP contribution in [0.4, 0.5) is 8.78 Å². The van der Waals surface area contributed by atoms with Gasteiger partial charge in [-0.2, -0.15) is 8.78 Å². The second kappa shape index (κ2) is 9.44. The van der Waals surface area contributed by atoms with E-state index in [2.05, 4.69) is 15.9 Å². The van der Waals surface area contributed by atoms with Gasteiger partial charge in [-0.05, 0) is 39.2 Å². The van der Waals surface area contributed by atoms with E-state index in [0.717, 1.165) is 11.1 Å². The summed E-state index contributed by atoms with van der Waals surface area (Å²) in [6.07, 6.45) is 0. The highest BCUT2D eigenvalue weighted by atomic mass is 79.9. The van der Waals surface area contributed by atoms with E-state index in [-0.39, 0.29) is 27.8 Å².